The average Bonchev–Trinajstić information content (AvgIpc) is 3.21. The molecule has 0 aliphatic rings. The molecule has 0 spiro atoms. The van der Waals surface area contributed by atoms with E-state index in [1.807, 2.05) is 60.0 Å². The summed E-state index contributed by atoms with van der Waals surface area (Å²) < 4.78 is 7.34. The van der Waals surface area contributed by atoms with Gasteiger partial charge in [-0.2, -0.15) is 0 Å². The minimum Gasteiger partial charge on any atom is -0.494 e. The highest BCUT2D eigenvalue weighted by molar-refractivity contribution is 7.20. The van der Waals surface area contributed by atoms with E-state index in [1.54, 1.807) is 11.3 Å². The van der Waals surface area contributed by atoms with Crippen LogP contribution in [0, 0.1) is 0 Å². The molecule has 0 amide bonds. The lowest BCUT2D eigenvalue weighted by atomic mass is 10.1. The second-order valence-electron chi connectivity index (χ2n) is 5.53. The van der Waals surface area contributed by atoms with Gasteiger partial charge in [-0.15, -0.1) is 0 Å². The molecule has 2 heterocycles. The Hall–Kier alpha value is -2.92. The third-order valence-electron chi connectivity index (χ3n) is 3.97. The van der Waals surface area contributed by atoms with Crippen molar-refractivity contribution in [1.29, 1.82) is 0 Å². The molecule has 0 aliphatic carbocycles. The summed E-state index contributed by atoms with van der Waals surface area (Å²) in [6, 6.07) is 17.8. The Kier molecular flexibility index (Phi) is 4.07. The van der Waals surface area contributed by atoms with Gasteiger partial charge in [-0.3, -0.25) is 9.20 Å². The lowest BCUT2D eigenvalue weighted by molar-refractivity contribution is 0.111. The largest absolute Gasteiger partial charge is 0.494 e. The maximum absolute atomic E-state index is 11.7. The molecule has 0 aliphatic heterocycles. The summed E-state index contributed by atoms with van der Waals surface area (Å²) in [5.41, 5.74) is 3.29. The van der Waals surface area contributed by atoms with Crippen LogP contribution in [0.15, 0.2) is 60.8 Å². The summed E-state index contributed by atoms with van der Waals surface area (Å²) in [4.78, 5) is 18.3. The normalized spacial score (nSPS) is 10.9. The van der Waals surface area contributed by atoms with E-state index in [0.717, 1.165) is 33.0 Å². The first-order chi connectivity index (χ1) is 12.3. The van der Waals surface area contributed by atoms with Crippen molar-refractivity contribution in [3.63, 3.8) is 0 Å². The van der Waals surface area contributed by atoms with E-state index in [0.29, 0.717) is 18.0 Å². The molecule has 0 saturated carbocycles. The predicted octanol–water partition coefficient (Wildman–Crippen LogP) is 4.94. The van der Waals surface area contributed by atoms with Gasteiger partial charge in [0.05, 0.1) is 11.5 Å². The van der Waals surface area contributed by atoms with Crippen molar-refractivity contribution in [2.45, 2.75) is 6.92 Å². The van der Waals surface area contributed by atoms with Gasteiger partial charge >= 0.3 is 0 Å². The fourth-order valence-electron chi connectivity index (χ4n) is 2.80. The summed E-state index contributed by atoms with van der Waals surface area (Å²) in [7, 11) is 0. The van der Waals surface area contributed by atoms with Gasteiger partial charge in [0.1, 0.15) is 17.1 Å². The monoisotopic (exact) mass is 348 g/mol. The molecule has 0 unspecified atom stereocenters. The van der Waals surface area contributed by atoms with Crippen LogP contribution in [-0.4, -0.2) is 22.3 Å². The Morgan fingerprint density at radius 3 is 2.52 bits per heavy atom. The maximum Gasteiger partial charge on any atom is 0.195 e. The van der Waals surface area contributed by atoms with Crippen molar-refractivity contribution in [2.24, 2.45) is 0 Å². The number of benzene rings is 2. The molecule has 2 aromatic heterocycles. The van der Waals surface area contributed by atoms with Gasteiger partial charge in [-0.05, 0) is 36.8 Å². The number of aromatic nitrogens is 2. The van der Waals surface area contributed by atoms with Crippen LogP contribution in [-0.2, 0) is 0 Å². The molecule has 0 atom stereocenters. The van der Waals surface area contributed by atoms with E-state index >= 15 is 0 Å². The second-order valence-corrected chi connectivity index (χ2v) is 6.54. The third kappa shape index (κ3) is 2.83. The van der Waals surface area contributed by atoms with Crippen LogP contribution in [0.2, 0.25) is 0 Å². The van der Waals surface area contributed by atoms with E-state index in [2.05, 4.69) is 17.1 Å². The summed E-state index contributed by atoms with van der Waals surface area (Å²) in [6.07, 6.45) is 2.84. The Morgan fingerprint density at radius 2 is 1.84 bits per heavy atom. The molecule has 0 fully saturated rings. The van der Waals surface area contributed by atoms with E-state index in [-0.39, 0.29) is 0 Å². The topological polar surface area (TPSA) is 43.6 Å². The van der Waals surface area contributed by atoms with E-state index in [9.17, 15) is 4.79 Å². The highest BCUT2D eigenvalue weighted by atomic mass is 32.1. The molecule has 5 heteroatoms. The molecule has 0 saturated heterocycles. The van der Waals surface area contributed by atoms with Gasteiger partial charge in [0.2, 0.25) is 0 Å². The first-order valence-corrected chi connectivity index (χ1v) is 8.87. The fourth-order valence-corrected chi connectivity index (χ4v) is 3.79. The molecule has 0 bridgehead atoms. The highest BCUT2D eigenvalue weighted by Crippen LogP contribution is 2.33. The molecule has 4 rings (SSSR count). The second kappa shape index (κ2) is 6.53. The van der Waals surface area contributed by atoms with Gasteiger partial charge < -0.3 is 4.74 Å². The highest BCUT2D eigenvalue weighted by Gasteiger charge is 2.16. The van der Waals surface area contributed by atoms with Crippen LogP contribution in [0.3, 0.4) is 0 Å². The molecule has 2 aromatic carbocycles. The van der Waals surface area contributed by atoms with E-state index in [4.69, 9.17) is 4.74 Å². The number of imidazole rings is 1. The summed E-state index contributed by atoms with van der Waals surface area (Å²) in [6.45, 7) is 2.58. The van der Waals surface area contributed by atoms with Crippen LogP contribution in [0.5, 0.6) is 5.75 Å². The van der Waals surface area contributed by atoms with Crippen LogP contribution < -0.4 is 4.74 Å². The van der Waals surface area contributed by atoms with Crippen LogP contribution in [0.4, 0.5) is 0 Å². The zero-order valence-electron chi connectivity index (χ0n) is 13.7. The van der Waals surface area contributed by atoms with Gasteiger partial charge in [0.25, 0.3) is 0 Å². The number of ether oxygens (including phenoxy) is 1. The van der Waals surface area contributed by atoms with Crippen LogP contribution in [0.1, 0.15) is 17.4 Å². The zero-order chi connectivity index (χ0) is 17.2. The predicted molar refractivity (Wildman–Crippen MR) is 100 cm³/mol. The van der Waals surface area contributed by atoms with E-state index < -0.39 is 0 Å². The molecule has 124 valence electrons. The van der Waals surface area contributed by atoms with Crippen LogP contribution >= 0.6 is 11.3 Å². The van der Waals surface area contributed by atoms with Crippen molar-refractivity contribution >= 4 is 22.6 Å². The van der Waals surface area contributed by atoms with Gasteiger partial charge in [0.15, 0.2) is 11.2 Å². The Bertz CT molecular complexity index is 1020. The van der Waals surface area contributed by atoms with Crippen molar-refractivity contribution < 1.29 is 9.53 Å². The number of hydrogen-bond acceptors (Lipinski definition) is 4. The first kappa shape index (κ1) is 15.6. The lowest BCUT2D eigenvalue weighted by Gasteiger charge is -2.04. The molecule has 4 nitrogen and oxygen atoms in total. The van der Waals surface area contributed by atoms with Crippen molar-refractivity contribution in [3.05, 3.63) is 66.5 Å². The minimum absolute atomic E-state index is 0.567. The fraction of sp³-hybridized carbons (Fsp3) is 0.100. The maximum atomic E-state index is 11.7. The number of rotatable bonds is 5. The summed E-state index contributed by atoms with van der Waals surface area (Å²) in [5.74, 6) is 0.811. The summed E-state index contributed by atoms with van der Waals surface area (Å²) in [5, 5.41) is 0. The zero-order valence-corrected chi connectivity index (χ0v) is 14.5. The number of carbonyl (C=O) groups is 1. The number of hydrogen-bond donors (Lipinski definition) is 0. The average molecular weight is 348 g/mol. The number of carbonyl (C=O) groups excluding carboxylic acids is 1. The SMILES string of the molecule is CCOc1ccc(-c2nc3sc(-c4ccccc4)cn3c2C=O)cc1. The first-order valence-electron chi connectivity index (χ1n) is 8.06. The molecule has 0 N–H and O–H groups in total. The number of nitrogens with zero attached hydrogens (tertiary/aromatic N) is 2. The standard InChI is InChI=1S/C20H16N2O2S/c1-2-24-16-10-8-15(9-11-16)19-17(13-23)22-12-18(25-20(22)21-19)14-6-4-3-5-7-14/h3-13H,2H2,1H3. The van der Waals surface area contributed by atoms with Gasteiger partial charge in [-0.1, -0.05) is 41.7 Å². The Morgan fingerprint density at radius 1 is 1.08 bits per heavy atom. The lowest BCUT2D eigenvalue weighted by Crippen LogP contribution is -1.92. The smallest absolute Gasteiger partial charge is 0.195 e. The van der Waals surface area contributed by atoms with E-state index in [1.165, 1.54) is 0 Å². The van der Waals surface area contributed by atoms with Gasteiger partial charge in [-0.25, -0.2) is 4.98 Å². The summed E-state index contributed by atoms with van der Waals surface area (Å²) >= 11 is 1.57. The Labute approximate surface area is 149 Å². The molecular weight excluding hydrogens is 332 g/mol. The molecular formula is C20H16N2O2S. The number of aldehydes is 1. The molecule has 0 radical (unpaired) electrons. The van der Waals surface area contributed by atoms with Gasteiger partial charge in [0, 0.05) is 11.8 Å². The van der Waals surface area contributed by atoms with Crippen molar-refractivity contribution in [3.8, 4) is 27.4 Å². The molecule has 25 heavy (non-hydrogen) atoms. The number of fused-ring (bicyclic) bond motifs is 1. The number of thiazole rings is 1. The third-order valence-corrected chi connectivity index (χ3v) is 5.00. The quantitative estimate of drug-likeness (QED) is 0.480. The minimum atomic E-state index is 0.567. The van der Waals surface area contributed by atoms with Crippen molar-refractivity contribution in [1.82, 2.24) is 9.38 Å². The molecule has 4 aromatic rings. The van der Waals surface area contributed by atoms with Crippen LogP contribution in [0.25, 0.3) is 26.7 Å². The Balaban J connectivity index is 1.78. The van der Waals surface area contributed by atoms with Crippen molar-refractivity contribution in [2.75, 3.05) is 6.61 Å².